The summed E-state index contributed by atoms with van der Waals surface area (Å²) in [5.74, 6) is 1.54. The van der Waals surface area contributed by atoms with Gasteiger partial charge >= 0.3 is 0 Å². The van der Waals surface area contributed by atoms with Crippen molar-refractivity contribution >= 4 is 11.3 Å². The Morgan fingerprint density at radius 3 is 2.68 bits per heavy atom. The molecule has 2 heterocycles. The molecule has 0 amide bonds. The van der Waals surface area contributed by atoms with Crippen molar-refractivity contribution in [3.63, 3.8) is 0 Å². The molecule has 100 valence electrons. The lowest BCUT2D eigenvalue weighted by Crippen LogP contribution is -2.17. The minimum atomic E-state index is 0.0172. The second-order valence-electron chi connectivity index (χ2n) is 4.42. The van der Waals surface area contributed by atoms with Crippen LogP contribution in [0.15, 0.2) is 29.6 Å². The molecule has 0 spiro atoms. The maximum atomic E-state index is 5.94. The minimum absolute atomic E-state index is 0.0172. The Morgan fingerprint density at radius 1 is 1.21 bits per heavy atom. The molecule has 1 aliphatic rings. The van der Waals surface area contributed by atoms with Crippen LogP contribution in [0.5, 0.6) is 11.5 Å². The third kappa shape index (κ3) is 2.22. The Morgan fingerprint density at radius 2 is 2.00 bits per heavy atom. The topological polar surface area (TPSA) is 27.7 Å². The summed E-state index contributed by atoms with van der Waals surface area (Å²) < 4.78 is 16.7. The monoisotopic (exact) mass is 276 g/mol. The van der Waals surface area contributed by atoms with Gasteiger partial charge in [0.25, 0.3) is 0 Å². The fourth-order valence-corrected chi connectivity index (χ4v) is 3.24. The first-order valence-corrected chi connectivity index (χ1v) is 7.11. The fourth-order valence-electron chi connectivity index (χ4n) is 2.45. The lowest BCUT2D eigenvalue weighted by molar-refractivity contribution is 0.0718. The summed E-state index contributed by atoms with van der Waals surface area (Å²) in [7, 11) is 3.33. The molecule has 19 heavy (non-hydrogen) atoms. The molecule has 4 heteroatoms. The van der Waals surface area contributed by atoms with E-state index in [1.807, 2.05) is 6.07 Å². The van der Waals surface area contributed by atoms with E-state index in [1.165, 1.54) is 16.0 Å². The number of thiophene rings is 1. The molecule has 1 atom stereocenters. The predicted molar refractivity (Wildman–Crippen MR) is 75.4 cm³/mol. The van der Waals surface area contributed by atoms with Crippen LogP contribution in [-0.2, 0) is 11.2 Å². The second-order valence-corrected chi connectivity index (χ2v) is 5.40. The molecule has 0 fully saturated rings. The molecule has 1 aliphatic heterocycles. The van der Waals surface area contributed by atoms with E-state index in [-0.39, 0.29) is 6.10 Å². The Hall–Kier alpha value is -1.52. The summed E-state index contributed by atoms with van der Waals surface area (Å²) in [5, 5.41) is 2.08. The Labute approximate surface area is 116 Å². The summed E-state index contributed by atoms with van der Waals surface area (Å²) in [6.07, 6.45) is 0.931. The van der Waals surface area contributed by atoms with Gasteiger partial charge in [0.2, 0.25) is 0 Å². The van der Waals surface area contributed by atoms with Gasteiger partial charge in [-0.05, 0) is 41.1 Å². The number of hydrogen-bond donors (Lipinski definition) is 0. The van der Waals surface area contributed by atoms with Crippen molar-refractivity contribution in [2.75, 3.05) is 20.8 Å². The lowest BCUT2D eigenvalue weighted by Gasteiger charge is -2.26. The van der Waals surface area contributed by atoms with Crippen LogP contribution in [0.3, 0.4) is 0 Å². The van der Waals surface area contributed by atoms with Gasteiger partial charge in [0, 0.05) is 4.88 Å². The molecule has 0 saturated heterocycles. The van der Waals surface area contributed by atoms with E-state index in [4.69, 9.17) is 14.2 Å². The minimum Gasteiger partial charge on any atom is -0.493 e. The van der Waals surface area contributed by atoms with Gasteiger partial charge < -0.3 is 14.2 Å². The van der Waals surface area contributed by atoms with Crippen LogP contribution >= 0.6 is 11.3 Å². The summed E-state index contributed by atoms with van der Waals surface area (Å²) in [4.78, 5) is 1.23. The van der Waals surface area contributed by atoms with Crippen molar-refractivity contribution in [1.29, 1.82) is 0 Å². The van der Waals surface area contributed by atoms with Crippen molar-refractivity contribution in [3.05, 3.63) is 45.6 Å². The average Bonchev–Trinajstić information content (AvgIpc) is 2.99. The number of hydrogen-bond acceptors (Lipinski definition) is 4. The van der Waals surface area contributed by atoms with E-state index in [0.29, 0.717) is 0 Å². The second kappa shape index (κ2) is 5.23. The van der Waals surface area contributed by atoms with Gasteiger partial charge in [0.05, 0.1) is 20.8 Å². The molecule has 0 aliphatic carbocycles. The third-order valence-electron chi connectivity index (χ3n) is 3.39. The molecule has 1 aromatic heterocycles. The molecule has 1 aromatic carbocycles. The highest BCUT2D eigenvalue weighted by atomic mass is 32.1. The zero-order valence-corrected chi connectivity index (χ0v) is 11.8. The van der Waals surface area contributed by atoms with Crippen LogP contribution in [0.1, 0.15) is 22.1 Å². The number of methoxy groups -OCH3 is 2. The summed E-state index contributed by atoms with van der Waals surface area (Å²) in [6.45, 7) is 0.741. The van der Waals surface area contributed by atoms with Gasteiger partial charge in [-0.15, -0.1) is 11.3 Å². The van der Waals surface area contributed by atoms with Crippen LogP contribution in [-0.4, -0.2) is 20.8 Å². The van der Waals surface area contributed by atoms with E-state index >= 15 is 0 Å². The van der Waals surface area contributed by atoms with Crippen molar-refractivity contribution < 1.29 is 14.2 Å². The number of rotatable bonds is 3. The van der Waals surface area contributed by atoms with Gasteiger partial charge in [0.15, 0.2) is 11.5 Å². The standard InChI is InChI=1S/C15H16O3S/c1-16-12-8-10-5-6-18-15(14-4-3-7-19-14)11(10)9-13(12)17-2/h3-4,7-9,15H,5-6H2,1-2H3. The van der Waals surface area contributed by atoms with E-state index in [0.717, 1.165) is 24.5 Å². The maximum Gasteiger partial charge on any atom is 0.161 e. The lowest BCUT2D eigenvalue weighted by atomic mass is 9.96. The smallest absolute Gasteiger partial charge is 0.161 e. The first-order valence-electron chi connectivity index (χ1n) is 6.23. The molecule has 1 unspecified atom stereocenters. The summed E-state index contributed by atoms with van der Waals surface area (Å²) in [6, 6.07) is 8.27. The molecular formula is C15H16O3S. The largest absolute Gasteiger partial charge is 0.493 e. The van der Waals surface area contributed by atoms with Crippen LogP contribution in [0, 0.1) is 0 Å². The van der Waals surface area contributed by atoms with Gasteiger partial charge in [-0.2, -0.15) is 0 Å². The Kier molecular flexibility index (Phi) is 3.44. The van der Waals surface area contributed by atoms with Crippen LogP contribution in [0.4, 0.5) is 0 Å². The van der Waals surface area contributed by atoms with E-state index in [9.17, 15) is 0 Å². The molecule has 0 N–H and O–H groups in total. The third-order valence-corrected chi connectivity index (χ3v) is 4.30. The van der Waals surface area contributed by atoms with E-state index in [2.05, 4.69) is 23.6 Å². The normalized spacial score (nSPS) is 17.9. The molecule has 3 rings (SSSR count). The predicted octanol–water partition coefficient (Wildman–Crippen LogP) is 3.43. The molecule has 3 nitrogen and oxygen atoms in total. The van der Waals surface area contributed by atoms with Crippen LogP contribution in [0.25, 0.3) is 0 Å². The van der Waals surface area contributed by atoms with Gasteiger partial charge in [0.1, 0.15) is 6.10 Å². The van der Waals surface area contributed by atoms with E-state index < -0.39 is 0 Å². The zero-order chi connectivity index (χ0) is 13.2. The molecule has 2 aromatic rings. The van der Waals surface area contributed by atoms with E-state index in [1.54, 1.807) is 25.6 Å². The van der Waals surface area contributed by atoms with Gasteiger partial charge in [-0.3, -0.25) is 0 Å². The first kappa shape index (κ1) is 12.5. The Balaban J connectivity index is 2.08. The highest BCUT2D eigenvalue weighted by Crippen LogP contribution is 2.40. The number of benzene rings is 1. The quantitative estimate of drug-likeness (QED) is 0.859. The zero-order valence-electron chi connectivity index (χ0n) is 11.0. The van der Waals surface area contributed by atoms with Crippen molar-refractivity contribution in [2.45, 2.75) is 12.5 Å². The summed E-state index contributed by atoms with van der Waals surface area (Å²) in [5.41, 5.74) is 2.47. The van der Waals surface area contributed by atoms with Gasteiger partial charge in [-0.1, -0.05) is 6.07 Å². The molecule has 0 radical (unpaired) electrons. The van der Waals surface area contributed by atoms with Crippen molar-refractivity contribution in [2.24, 2.45) is 0 Å². The number of fused-ring (bicyclic) bond motifs is 1. The molecule has 0 bridgehead atoms. The van der Waals surface area contributed by atoms with Crippen LogP contribution in [0.2, 0.25) is 0 Å². The Bertz CT molecular complexity index is 563. The molecular weight excluding hydrogens is 260 g/mol. The summed E-state index contributed by atoms with van der Waals surface area (Å²) >= 11 is 1.72. The molecule has 0 saturated carbocycles. The van der Waals surface area contributed by atoms with Crippen molar-refractivity contribution in [3.8, 4) is 11.5 Å². The average molecular weight is 276 g/mol. The maximum absolute atomic E-state index is 5.94. The van der Waals surface area contributed by atoms with Crippen molar-refractivity contribution in [1.82, 2.24) is 0 Å². The highest BCUT2D eigenvalue weighted by Gasteiger charge is 2.25. The fraction of sp³-hybridized carbons (Fsp3) is 0.333. The van der Waals surface area contributed by atoms with Gasteiger partial charge in [-0.25, -0.2) is 0 Å². The first-order chi connectivity index (χ1) is 9.33. The SMILES string of the molecule is COc1cc2c(cc1OC)C(c1cccs1)OCC2. The van der Waals surface area contributed by atoms with Crippen LogP contribution < -0.4 is 9.47 Å². The highest BCUT2D eigenvalue weighted by molar-refractivity contribution is 7.10. The number of ether oxygens (including phenoxy) is 3.